The summed E-state index contributed by atoms with van der Waals surface area (Å²) in [6, 6.07) is 11.2. The van der Waals surface area contributed by atoms with E-state index in [9.17, 15) is 0 Å². The molecule has 0 spiro atoms. The quantitative estimate of drug-likeness (QED) is 0.860. The summed E-state index contributed by atoms with van der Waals surface area (Å²) in [5, 5.41) is 3.42. The van der Waals surface area contributed by atoms with Crippen molar-refractivity contribution in [2.24, 2.45) is 0 Å². The molecule has 1 aromatic carbocycles. The normalized spacial score (nSPS) is 10.9. The molecule has 0 bridgehead atoms. The number of hydrogen-bond acceptors (Lipinski definition) is 3. The minimum Gasteiger partial charge on any atom is -0.472 e. The second-order valence-electron chi connectivity index (χ2n) is 5.19. The lowest BCUT2D eigenvalue weighted by atomic mass is 10.2. The van der Waals surface area contributed by atoms with Crippen LogP contribution in [0.3, 0.4) is 0 Å². The summed E-state index contributed by atoms with van der Waals surface area (Å²) >= 11 is 0. The van der Waals surface area contributed by atoms with E-state index in [0.29, 0.717) is 6.04 Å². The molecule has 0 saturated carbocycles. The zero-order valence-electron chi connectivity index (χ0n) is 11.9. The Balaban J connectivity index is 1.93. The highest BCUT2D eigenvalue weighted by Gasteiger charge is 2.03. The van der Waals surface area contributed by atoms with E-state index in [-0.39, 0.29) is 0 Å². The summed E-state index contributed by atoms with van der Waals surface area (Å²) in [4.78, 5) is 2.21. The Kier molecular flexibility index (Phi) is 4.63. The molecule has 102 valence electrons. The number of nitrogens with zero attached hydrogens (tertiary/aromatic N) is 1. The summed E-state index contributed by atoms with van der Waals surface area (Å²) in [5.74, 6) is 0. The SMILES string of the molecule is CC(C)NCc1ccc(N(C)Cc2ccoc2)cc1. The monoisotopic (exact) mass is 258 g/mol. The number of nitrogens with one attached hydrogen (secondary N) is 1. The van der Waals surface area contributed by atoms with Crippen LogP contribution in [0.25, 0.3) is 0 Å². The number of benzene rings is 1. The molecule has 1 aromatic heterocycles. The van der Waals surface area contributed by atoms with Crippen LogP contribution in [0.2, 0.25) is 0 Å². The van der Waals surface area contributed by atoms with Gasteiger partial charge in [0.05, 0.1) is 12.5 Å². The smallest absolute Gasteiger partial charge is 0.0952 e. The van der Waals surface area contributed by atoms with Gasteiger partial charge >= 0.3 is 0 Å². The molecule has 0 fully saturated rings. The first kappa shape index (κ1) is 13.7. The average molecular weight is 258 g/mol. The third-order valence-corrected chi connectivity index (χ3v) is 3.09. The van der Waals surface area contributed by atoms with Crippen molar-refractivity contribution in [1.29, 1.82) is 0 Å². The van der Waals surface area contributed by atoms with Gasteiger partial charge in [-0.25, -0.2) is 0 Å². The molecule has 0 aliphatic rings. The van der Waals surface area contributed by atoms with Gasteiger partial charge in [-0.2, -0.15) is 0 Å². The third kappa shape index (κ3) is 4.14. The molecule has 0 saturated heterocycles. The van der Waals surface area contributed by atoms with Crippen molar-refractivity contribution < 1.29 is 4.42 Å². The third-order valence-electron chi connectivity index (χ3n) is 3.09. The maximum Gasteiger partial charge on any atom is 0.0952 e. The number of rotatable bonds is 6. The molecule has 1 heterocycles. The van der Waals surface area contributed by atoms with Gasteiger partial charge in [-0.1, -0.05) is 26.0 Å². The minimum atomic E-state index is 0.517. The van der Waals surface area contributed by atoms with Crippen molar-refractivity contribution in [2.75, 3.05) is 11.9 Å². The van der Waals surface area contributed by atoms with Crippen LogP contribution in [-0.4, -0.2) is 13.1 Å². The van der Waals surface area contributed by atoms with Gasteiger partial charge in [-0.15, -0.1) is 0 Å². The van der Waals surface area contributed by atoms with Crippen molar-refractivity contribution in [3.63, 3.8) is 0 Å². The molecule has 0 unspecified atom stereocenters. The first-order valence-electron chi connectivity index (χ1n) is 6.69. The molecule has 0 aliphatic carbocycles. The second kappa shape index (κ2) is 6.43. The predicted molar refractivity (Wildman–Crippen MR) is 79.2 cm³/mol. The van der Waals surface area contributed by atoms with E-state index in [2.05, 4.69) is 55.4 Å². The van der Waals surface area contributed by atoms with E-state index in [1.807, 2.05) is 6.07 Å². The fraction of sp³-hybridized carbons (Fsp3) is 0.375. The molecule has 19 heavy (non-hydrogen) atoms. The van der Waals surface area contributed by atoms with E-state index in [0.717, 1.165) is 13.1 Å². The van der Waals surface area contributed by atoms with Gasteiger partial charge in [0, 0.05) is 37.4 Å². The molecule has 3 nitrogen and oxygen atoms in total. The van der Waals surface area contributed by atoms with Crippen molar-refractivity contribution in [1.82, 2.24) is 5.32 Å². The van der Waals surface area contributed by atoms with Gasteiger partial charge < -0.3 is 14.6 Å². The molecule has 0 radical (unpaired) electrons. The highest BCUT2D eigenvalue weighted by Crippen LogP contribution is 2.16. The van der Waals surface area contributed by atoms with E-state index in [4.69, 9.17) is 4.42 Å². The number of furan rings is 1. The molecule has 0 aliphatic heterocycles. The molecule has 2 aromatic rings. The van der Waals surface area contributed by atoms with Crippen molar-refractivity contribution in [2.45, 2.75) is 33.0 Å². The topological polar surface area (TPSA) is 28.4 Å². The average Bonchev–Trinajstić information content (AvgIpc) is 2.89. The van der Waals surface area contributed by atoms with E-state index >= 15 is 0 Å². The Bertz CT molecular complexity index is 474. The Morgan fingerprint density at radius 1 is 1.11 bits per heavy atom. The zero-order valence-corrected chi connectivity index (χ0v) is 11.9. The molecule has 2 rings (SSSR count). The van der Waals surface area contributed by atoms with Crippen LogP contribution < -0.4 is 10.2 Å². The van der Waals surface area contributed by atoms with Crippen molar-refractivity contribution in [3.8, 4) is 0 Å². The van der Waals surface area contributed by atoms with Crippen LogP contribution in [0.1, 0.15) is 25.0 Å². The second-order valence-corrected chi connectivity index (χ2v) is 5.19. The lowest BCUT2D eigenvalue weighted by Crippen LogP contribution is -2.22. The van der Waals surface area contributed by atoms with Crippen LogP contribution >= 0.6 is 0 Å². The fourth-order valence-electron chi connectivity index (χ4n) is 1.94. The fourth-order valence-corrected chi connectivity index (χ4v) is 1.94. The Morgan fingerprint density at radius 3 is 2.42 bits per heavy atom. The van der Waals surface area contributed by atoms with E-state index in [1.165, 1.54) is 16.8 Å². The largest absolute Gasteiger partial charge is 0.472 e. The number of hydrogen-bond donors (Lipinski definition) is 1. The Labute approximate surface area is 115 Å². The standard InChI is InChI=1S/C16H22N2O/c1-13(2)17-10-14-4-6-16(7-5-14)18(3)11-15-8-9-19-12-15/h4-9,12-13,17H,10-11H2,1-3H3. The Hall–Kier alpha value is -1.74. The molecular weight excluding hydrogens is 236 g/mol. The van der Waals surface area contributed by atoms with Crippen LogP contribution in [0.5, 0.6) is 0 Å². The first-order valence-corrected chi connectivity index (χ1v) is 6.69. The van der Waals surface area contributed by atoms with Gasteiger partial charge in [0.25, 0.3) is 0 Å². The van der Waals surface area contributed by atoms with Gasteiger partial charge in [-0.05, 0) is 23.8 Å². The van der Waals surface area contributed by atoms with Crippen LogP contribution in [0.15, 0.2) is 47.3 Å². The van der Waals surface area contributed by atoms with Gasteiger partial charge in [-0.3, -0.25) is 0 Å². The van der Waals surface area contributed by atoms with Crippen molar-refractivity contribution >= 4 is 5.69 Å². The molecule has 3 heteroatoms. The summed E-state index contributed by atoms with van der Waals surface area (Å²) in [6.45, 7) is 6.10. The molecule has 0 atom stereocenters. The highest BCUT2D eigenvalue weighted by atomic mass is 16.3. The molecule has 1 N–H and O–H groups in total. The van der Waals surface area contributed by atoms with Gasteiger partial charge in [0.1, 0.15) is 0 Å². The summed E-state index contributed by atoms with van der Waals surface area (Å²) in [7, 11) is 2.09. The van der Waals surface area contributed by atoms with Gasteiger partial charge in [0.2, 0.25) is 0 Å². The maximum absolute atomic E-state index is 5.09. The van der Waals surface area contributed by atoms with Crippen LogP contribution in [0.4, 0.5) is 5.69 Å². The zero-order chi connectivity index (χ0) is 13.7. The first-order chi connectivity index (χ1) is 9.15. The molecule has 0 amide bonds. The summed E-state index contributed by atoms with van der Waals surface area (Å²) in [6.07, 6.45) is 3.50. The predicted octanol–water partition coefficient (Wildman–Crippen LogP) is 3.41. The summed E-state index contributed by atoms with van der Waals surface area (Å²) < 4.78 is 5.09. The van der Waals surface area contributed by atoms with E-state index in [1.54, 1.807) is 12.5 Å². The number of anilines is 1. The van der Waals surface area contributed by atoms with Crippen LogP contribution in [0, 0.1) is 0 Å². The van der Waals surface area contributed by atoms with Crippen LogP contribution in [-0.2, 0) is 13.1 Å². The lowest BCUT2D eigenvalue weighted by Gasteiger charge is -2.19. The Morgan fingerprint density at radius 2 is 1.84 bits per heavy atom. The molecular formula is C16H22N2O. The van der Waals surface area contributed by atoms with Crippen molar-refractivity contribution in [3.05, 3.63) is 54.0 Å². The lowest BCUT2D eigenvalue weighted by molar-refractivity contribution is 0.563. The summed E-state index contributed by atoms with van der Waals surface area (Å²) in [5.41, 5.74) is 3.72. The maximum atomic E-state index is 5.09. The minimum absolute atomic E-state index is 0.517. The van der Waals surface area contributed by atoms with Gasteiger partial charge in [0.15, 0.2) is 0 Å². The van der Waals surface area contributed by atoms with E-state index < -0.39 is 0 Å². The highest BCUT2D eigenvalue weighted by molar-refractivity contribution is 5.47.